The highest BCUT2D eigenvalue weighted by Gasteiger charge is 2.10. The van der Waals surface area contributed by atoms with Gasteiger partial charge in [-0.3, -0.25) is 0 Å². The monoisotopic (exact) mass is 372 g/mol. The molecule has 140 valence electrons. The van der Waals surface area contributed by atoms with Crippen LogP contribution in [0.4, 0.5) is 5.69 Å². The molecule has 0 saturated carbocycles. The van der Waals surface area contributed by atoms with E-state index in [-0.39, 0.29) is 12.2 Å². The van der Waals surface area contributed by atoms with Crippen molar-refractivity contribution in [3.8, 4) is 22.9 Å². The number of anilines is 1. The zero-order valence-electron chi connectivity index (χ0n) is 15.7. The van der Waals surface area contributed by atoms with Gasteiger partial charge in [0.15, 0.2) is 0 Å². The number of nitriles is 1. The second-order valence-electron chi connectivity index (χ2n) is 6.59. The van der Waals surface area contributed by atoms with Crippen LogP contribution in [-0.2, 0) is 6.61 Å². The Morgan fingerprint density at radius 1 is 1.04 bits per heavy atom. The molecule has 0 aromatic heterocycles. The predicted octanol–water partition coefficient (Wildman–Crippen LogP) is 4.57. The lowest BCUT2D eigenvalue weighted by atomic mass is 9.98. The van der Waals surface area contributed by atoms with Gasteiger partial charge < -0.3 is 14.7 Å². The Kier molecular flexibility index (Phi) is 5.61. The van der Waals surface area contributed by atoms with Crippen LogP contribution in [0.5, 0.6) is 5.75 Å². The average molecular weight is 372 g/mol. The predicted molar refractivity (Wildman–Crippen MR) is 109 cm³/mol. The Balaban J connectivity index is 1.87. The summed E-state index contributed by atoms with van der Waals surface area (Å²) in [4.78, 5) is 13.5. The summed E-state index contributed by atoms with van der Waals surface area (Å²) in [7, 11) is 3.94. The summed E-state index contributed by atoms with van der Waals surface area (Å²) in [6.45, 7) is 0.243. The van der Waals surface area contributed by atoms with Gasteiger partial charge in [-0.05, 0) is 71.3 Å². The topological polar surface area (TPSA) is 73.6 Å². The van der Waals surface area contributed by atoms with E-state index in [9.17, 15) is 9.90 Å². The normalized spacial score (nSPS) is 10.2. The summed E-state index contributed by atoms with van der Waals surface area (Å²) in [6, 6.07) is 22.0. The molecule has 3 aromatic carbocycles. The van der Waals surface area contributed by atoms with Gasteiger partial charge in [0, 0.05) is 19.8 Å². The van der Waals surface area contributed by atoms with E-state index in [2.05, 4.69) is 6.07 Å². The van der Waals surface area contributed by atoms with Gasteiger partial charge in [-0.1, -0.05) is 12.1 Å². The van der Waals surface area contributed by atoms with Gasteiger partial charge in [0.25, 0.3) is 0 Å². The molecule has 5 nitrogen and oxygen atoms in total. The van der Waals surface area contributed by atoms with Crippen molar-refractivity contribution in [2.24, 2.45) is 0 Å². The van der Waals surface area contributed by atoms with Crippen molar-refractivity contribution in [3.63, 3.8) is 0 Å². The Morgan fingerprint density at radius 2 is 1.79 bits per heavy atom. The zero-order valence-corrected chi connectivity index (χ0v) is 15.7. The molecule has 0 saturated heterocycles. The fourth-order valence-electron chi connectivity index (χ4n) is 2.84. The smallest absolute Gasteiger partial charge is 0.335 e. The lowest BCUT2D eigenvalue weighted by Gasteiger charge is -2.14. The number of ether oxygens (including phenoxy) is 1. The van der Waals surface area contributed by atoms with E-state index in [0.29, 0.717) is 11.3 Å². The van der Waals surface area contributed by atoms with Crippen molar-refractivity contribution >= 4 is 11.7 Å². The second-order valence-corrected chi connectivity index (χ2v) is 6.59. The summed E-state index contributed by atoms with van der Waals surface area (Å²) in [5.74, 6) is -0.297. The molecule has 3 aromatic rings. The number of rotatable bonds is 6. The summed E-state index contributed by atoms with van der Waals surface area (Å²) < 4.78 is 5.83. The third-order valence-corrected chi connectivity index (χ3v) is 4.32. The molecule has 0 unspecified atom stereocenters. The molecular formula is C23H20N2O3. The maximum absolute atomic E-state index is 11.5. The quantitative estimate of drug-likeness (QED) is 0.686. The van der Waals surface area contributed by atoms with Gasteiger partial charge in [0.1, 0.15) is 12.4 Å². The van der Waals surface area contributed by atoms with Gasteiger partial charge in [-0.2, -0.15) is 5.26 Å². The third kappa shape index (κ3) is 4.49. The van der Waals surface area contributed by atoms with Crippen LogP contribution in [0.2, 0.25) is 0 Å². The number of carboxylic acids is 1. The van der Waals surface area contributed by atoms with E-state index in [4.69, 9.17) is 10.00 Å². The molecule has 0 radical (unpaired) electrons. The number of carboxylic acid groups (broad SMARTS) is 1. The zero-order chi connectivity index (χ0) is 20.1. The van der Waals surface area contributed by atoms with E-state index < -0.39 is 5.97 Å². The Morgan fingerprint density at radius 3 is 2.43 bits per heavy atom. The highest BCUT2D eigenvalue weighted by molar-refractivity contribution is 5.90. The van der Waals surface area contributed by atoms with E-state index in [1.165, 1.54) is 0 Å². The molecule has 0 aliphatic heterocycles. The van der Waals surface area contributed by atoms with Crippen molar-refractivity contribution < 1.29 is 14.6 Å². The summed E-state index contributed by atoms with van der Waals surface area (Å²) >= 11 is 0. The average Bonchev–Trinajstić information content (AvgIpc) is 2.72. The third-order valence-electron chi connectivity index (χ3n) is 4.32. The van der Waals surface area contributed by atoms with Crippen LogP contribution in [0.1, 0.15) is 21.5 Å². The van der Waals surface area contributed by atoms with Crippen molar-refractivity contribution in [3.05, 3.63) is 83.4 Å². The minimum Gasteiger partial charge on any atom is -0.489 e. The van der Waals surface area contributed by atoms with Crippen molar-refractivity contribution in [1.29, 1.82) is 5.26 Å². The van der Waals surface area contributed by atoms with Crippen molar-refractivity contribution in [2.45, 2.75) is 6.61 Å². The van der Waals surface area contributed by atoms with Crippen LogP contribution < -0.4 is 9.64 Å². The fraction of sp³-hybridized carbons (Fsp3) is 0.130. The number of aromatic carboxylic acids is 1. The van der Waals surface area contributed by atoms with Crippen molar-refractivity contribution in [2.75, 3.05) is 19.0 Å². The first-order chi connectivity index (χ1) is 13.5. The van der Waals surface area contributed by atoms with E-state index in [0.717, 1.165) is 22.4 Å². The molecule has 0 aliphatic rings. The van der Waals surface area contributed by atoms with Crippen molar-refractivity contribution in [1.82, 2.24) is 0 Å². The maximum Gasteiger partial charge on any atom is 0.335 e. The lowest BCUT2D eigenvalue weighted by molar-refractivity contribution is 0.0696. The van der Waals surface area contributed by atoms with Gasteiger partial charge in [-0.15, -0.1) is 0 Å². The molecule has 3 rings (SSSR count). The molecule has 0 aliphatic carbocycles. The summed E-state index contributed by atoms with van der Waals surface area (Å²) in [5, 5.41) is 18.6. The first-order valence-corrected chi connectivity index (χ1v) is 8.74. The molecule has 0 bridgehead atoms. The molecule has 28 heavy (non-hydrogen) atoms. The molecule has 0 heterocycles. The number of benzene rings is 3. The SMILES string of the molecule is CN(C)c1ccc(OCc2cc(C(=O)O)cc(-c3cccc(C#N)c3)c2)cc1. The second kappa shape index (κ2) is 8.28. The standard InChI is InChI=1S/C23H20N2O3/c1-25(2)21-6-8-22(9-7-21)28-15-17-11-19(13-20(12-17)23(26)27)18-5-3-4-16(10-18)14-24/h3-13H,15H2,1-2H3,(H,26,27). The minimum absolute atomic E-state index is 0.182. The molecular weight excluding hydrogens is 352 g/mol. The molecule has 5 heteroatoms. The molecule has 0 amide bonds. The fourth-order valence-corrected chi connectivity index (χ4v) is 2.84. The first kappa shape index (κ1) is 19.0. The van der Waals surface area contributed by atoms with E-state index in [1.807, 2.05) is 55.4 Å². The van der Waals surface area contributed by atoms with Gasteiger partial charge in [-0.25, -0.2) is 4.79 Å². The van der Waals surface area contributed by atoms with E-state index >= 15 is 0 Å². The van der Waals surface area contributed by atoms with Crippen LogP contribution in [0.15, 0.2) is 66.7 Å². The Labute approximate surface area is 164 Å². The highest BCUT2D eigenvalue weighted by atomic mass is 16.5. The first-order valence-electron chi connectivity index (χ1n) is 8.74. The Bertz CT molecular complexity index is 1030. The number of carbonyl (C=O) groups is 1. The van der Waals surface area contributed by atoms with Gasteiger partial charge in [0.2, 0.25) is 0 Å². The van der Waals surface area contributed by atoms with E-state index in [1.54, 1.807) is 30.3 Å². The summed E-state index contributed by atoms with van der Waals surface area (Å²) in [5.41, 5.74) is 4.05. The lowest BCUT2D eigenvalue weighted by Crippen LogP contribution is -2.08. The number of hydrogen-bond acceptors (Lipinski definition) is 4. The van der Waals surface area contributed by atoms with Crippen LogP contribution in [0.25, 0.3) is 11.1 Å². The number of hydrogen-bond donors (Lipinski definition) is 1. The minimum atomic E-state index is -1.00. The van der Waals surface area contributed by atoms with Crippen LogP contribution in [0.3, 0.4) is 0 Å². The largest absolute Gasteiger partial charge is 0.489 e. The summed E-state index contributed by atoms with van der Waals surface area (Å²) in [6.07, 6.45) is 0. The van der Waals surface area contributed by atoms with Crippen LogP contribution in [0, 0.1) is 11.3 Å². The van der Waals surface area contributed by atoms with Gasteiger partial charge >= 0.3 is 5.97 Å². The number of nitrogens with zero attached hydrogens (tertiary/aromatic N) is 2. The molecule has 0 spiro atoms. The maximum atomic E-state index is 11.5. The van der Waals surface area contributed by atoms with Gasteiger partial charge in [0.05, 0.1) is 17.2 Å². The highest BCUT2D eigenvalue weighted by Crippen LogP contribution is 2.25. The van der Waals surface area contributed by atoms with Crippen LogP contribution in [-0.4, -0.2) is 25.2 Å². The molecule has 0 atom stereocenters. The van der Waals surface area contributed by atoms with Crippen LogP contribution >= 0.6 is 0 Å². The molecule has 0 fully saturated rings. The Hall–Kier alpha value is -3.78. The molecule has 1 N–H and O–H groups in total.